The summed E-state index contributed by atoms with van der Waals surface area (Å²) in [7, 11) is -3.79. The fourth-order valence-corrected chi connectivity index (χ4v) is 4.43. The number of benzene rings is 2. The minimum absolute atomic E-state index is 0.00140. The molecule has 0 bridgehead atoms. The van der Waals surface area contributed by atoms with E-state index in [9.17, 15) is 22.0 Å². The van der Waals surface area contributed by atoms with E-state index in [4.69, 9.17) is 0 Å². The number of nitrogens with zero attached hydrogens (tertiary/aromatic N) is 1. The number of sulfonamides is 1. The molecule has 0 aliphatic carbocycles. The zero-order valence-electron chi connectivity index (χ0n) is 13.9. The van der Waals surface area contributed by atoms with E-state index >= 15 is 0 Å². The second-order valence-electron chi connectivity index (χ2n) is 6.15. The van der Waals surface area contributed by atoms with Gasteiger partial charge in [-0.25, -0.2) is 17.2 Å². The number of piperidine rings is 1. The van der Waals surface area contributed by atoms with Gasteiger partial charge in [0.25, 0.3) is 0 Å². The van der Waals surface area contributed by atoms with E-state index in [1.165, 1.54) is 40.7 Å². The number of hydrogen-bond acceptors (Lipinski definition) is 3. The van der Waals surface area contributed by atoms with E-state index in [2.05, 4.69) is 5.32 Å². The van der Waals surface area contributed by atoms with Crippen molar-refractivity contribution >= 4 is 21.6 Å². The molecule has 0 spiro atoms. The maximum absolute atomic E-state index is 13.0. The highest BCUT2D eigenvalue weighted by molar-refractivity contribution is 7.89. The lowest BCUT2D eigenvalue weighted by molar-refractivity contribution is -0.120. The van der Waals surface area contributed by atoms with Crippen LogP contribution in [0.25, 0.3) is 0 Å². The molecule has 5 nitrogen and oxygen atoms in total. The van der Waals surface area contributed by atoms with Gasteiger partial charge in [0.1, 0.15) is 11.6 Å². The average Bonchev–Trinajstić information content (AvgIpc) is 2.64. The summed E-state index contributed by atoms with van der Waals surface area (Å²) < 4.78 is 52.6. The van der Waals surface area contributed by atoms with E-state index in [1.807, 2.05) is 0 Å². The topological polar surface area (TPSA) is 66.5 Å². The summed E-state index contributed by atoms with van der Waals surface area (Å²) in [6, 6.07) is 9.99. The maximum atomic E-state index is 13.0. The van der Waals surface area contributed by atoms with Crippen LogP contribution >= 0.6 is 0 Å². The van der Waals surface area contributed by atoms with Crippen LogP contribution in [0, 0.1) is 17.6 Å². The van der Waals surface area contributed by atoms with Crippen LogP contribution in [0.2, 0.25) is 0 Å². The molecular weight excluding hydrogens is 362 g/mol. The molecule has 1 amide bonds. The van der Waals surface area contributed by atoms with Gasteiger partial charge in [0.05, 0.1) is 10.8 Å². The molecular formula is C18H18F2N2O3S. The molecule has 0 radical (unpaired) electrons. The molecule has 3 rings (SSSR count). The molecule has 2 aromatic carbocycles. The Morgan fingerprint density at radius 2 is 1.58 bits per heavy atom. The standard InChI is InChI=1S/C18H18F2N2O3S/c19-14-3-7-16(8-4-14)21-18(23)13-2-1-11-22(12-13)26(24,25)17-9-5-15(20)6-10-17/h3-10,13H,1-2,11-12H2,(H,21,23)/t13-/m1/s1. The van der Waals surface area contributed by atoms with Crippen molar-refractivity contribution in [3.63, 3.8) is 0 Å². The monoisotopic (exact) mass is 380 g/mol. The van der Waals surface area contributed by atoms with Crippen LogP contribution in [0.3, 0.4) is 0 Å². The molecule has 1 saturated heterocycles. The van der Waals surface area contributed by atoms with Crippen LogP contribution in [0.15, 0.2) is 53.4 Å². The molecule has 0 saturated carbocycles. The third kappa shape index (κ3) is 4.08. The zero-order valence-corrected chi connectivity index (χ0v) is 14.7. The van der Waals surface area contributed by atoms with Gasteiger partial charge in [0.2, 0.25) is 15.9 Å². The van der Waals surface area contributed by atoms with Crippen molar-refractivity contribution in [3.8, 4) is 0 Å². The van der Waals surface area contributed by atoms with Crippen molar-refractivity contribution < 1.29 is 22.0 Å². The number of halogens is 2. The Morgan fingerprint density at radius 1 is 1.00 bits per heavy atom. The number of rotatable bonds is 4. The van der Waals surface area contributed by atoms with Crippen LogP contribution in [-0.2, 0) is 14.8 Å². The van der Waals surface area contributed by atoms with Crippen LogP contribution in [0.4, 0.5) is 14.5 Å². The summed E-state index contributed by atoms with van der Waals surface area (Å²) in [5.41, 5.74) is 0.454. The third-order valence-corrected chi connectivity index (χ3v) is 6.20. The Labute approximate surface area is 150 Å². The quantitative estimate of drug-likeness (QED) is 0.887. The van der Waals surface area contributed by atoms with Gasteiger partial charge in [-0.1, -0.05) is 0 Å². The summed E-state index contributed by atoms with van der Waals surface area (Å²) >= 11 is 0. The smallest absolute Gasteiger partial charge is 0.243 e. The van der Waals surface area contributed by atoms with Crippen LogP contribution in [0.1, 0.15) is 12.8 Å². The number of anilines is 1. The number of hydrogen-bond donors (Lipinski definition) is 1. The summed E-state index contributed by atoms with van der Waals surface area (Å²) in [6.45, 7) is 0.354. The Kier molecular flexibility index (Phi) is 5.33. The fourth-order valence-electron chi connectivity index (χ4n) is 2.91. The number of amides is 1. The molecule has 1 heterocycles. The molecule has 1 fully saturated rings. The van der Waals surface area contributed by atoms with Crippen molar-refractivity contribution in [2.24, 2.45) is 5.92 Å². The maximum Gasteiger partial charge on any atom is 0.243 e. The molecule has 1 atom stereocenters. The lowest BCUT2D eigenvalue weighted by Crippen LogP contribution is -2.43. The second-order valence-corrected chi connectivity index (χ2v) is 8.09. The normalized spacial score (nSPS) is 18.5. The van der Waals surface area contributed by atoms with Gasteiger partial charge >= 0.3 is 0 Å². The molecule has 2 aromatic rings. The van der Waals surface area contributed by atoms with E-state index in [1.54, 1.807) is 0 Å². The molecule has 8 heteroatoms. The van der Waals surface area contributed by atoms with E-state index < -0.39 is 27.6 Å². The summed E-state index contributed by atoms with van der Waals surface area (Å²) in [5.74, 6) is -1.74. The Hall–Kier alpha value is -2.32. The highest BCUT2D eigenvalue weighted by atomic mass is 32.2. The first-order valence-corrected chi connectivity index (χ1v) is 9.62. The number of carbonyl (C=O) groups excluding carboxylic acids is 1. The molecule has 138 valence electrons. The number of nitrogens with one attached hydrogen (secondary N) is 1. The Bertz CT molecular complexity index is 884. The summed E-state index contributed by atoms with van der Waals surface area (Å²) in [4.78, 5) is 12.4. The second kappa shape index (κ2) is 7.51. The first-order valence-electron chi connectivity index (χ1n) is 8.18. The van der Waals surface area contributed by atoms with Gasteiger partial charge < -0.3 is 5.32 Å². The van der Waals surface area contributed by atoms with Gasteiger partial charge in [-0.05, 0) is 61.4 Å². The number of carbonyl (C=O) groups is 1. The van der Waals surface area contributed by atoms with Gasteiger partial charge in [0, 0.05) is 18.8 Å². The average molecular weight is 380 g/mol. The van der Waals surface area contributed by atoms with Crippen LogP contribution in [-0.4, -0.2) is 31.7 Å². The third-order valence-electron chi connectivity index (χ3n) is 4.32. The highest BCUT2D eigenvalue weighted by Gasteiger charge is 2.33. The molecule has 1 aliphatic rings. The lowest BCUT2D eigenvalue weighted by atomic mass is 9.99. The van der Waals surface area contributed by atoms with Gasteiger partial charge in [-0.15, -0.1) is 0 Å². The molecule has 26 heavy (non-hydrogen) atoms. The van der Waals surface area contributed by atoms with E-state index in [0.717, 1.165) is 12.1 Å². The van der Waals surface area contributed by atoms with Crippen LogP contribution in [0.5, 0.6) is 0 Å². The van der Waals surface area contributed by atoms with Crippen molar-refractivity contribution in [1.29, 1.82) is 0 Å². The minimum atomic E-state index is -3.79. The largest absolute Gasteiger partial charge is 0.326 e. The lowest BCUT2D eigenvalue weighted by Gasteiger charge is -2.31. The first kappa shape index (κ1) is 18.5. The predicted octanol–water partition coefficient (Wildman–Crippen LogP) is 3.00. The fraction of sp³-hybridized carbons (Fsp3) is 0.278. The Morgan fingerprint density at radius 3 is 2.19 bits per heavy atom. The SMILES string of the molecule is O=C(Nc1ccc(F)cc1)[C@@H]1CCCN(S(=O)(=O)c2ccc(F)cc2)C1. The van der Waals surface area contributed by atoms with E-state index in [-0.39, 0.29) is 17.3 Å². The first-order chi connectivity index (χ1) is 12.4. The predicted molar refractivity (Wildman–Crippen MR) is 92.9 cm³/mol. The van der Waals surface area contributed by atoms with Crippen molar-refractivity contribution in [2.45, 2.75) is 17.7 Å². The van der Waals surface area contributed by atoms with Crippen LogP contribution < -0.4 is 5.32 Å². The van der Waals surface area contributed by atoms with Crippen molar-refractivity contribution in [2.75, 3.05) is 18.4 Å². The van der Waals surface area contributed by atoms with E-state index in [0.29, 0.717) is 25.1 Å². The summed E-state index contributed by atoms with van der Waals surface area (Å²) in [5, 5.41) is 2.68. The molecule has 0 unspecified atom stereocenters. The molecule has 1 N–H and O–H groups in total. The Balaban J connectivity index is 1.71. The van der Waals surface area contributed by atoms with Crippen molar-refractivity contribution in [1.82, 2.24) is 4.31 Å². The highest BCUT2D eigenvalue weighted by Crippen LogP contribution is 2.25. The van der Waals surface area contributed by atoms with Gasteiger partial charge in [0.15, 0.2) is 0 Å². The molecule has 0 aromatic heterocycles. The van der Waals surface area contributed by atoms with Gasteiger partial charge in [-0.3, -0.25) is 4.79 Å². The zero-order chi connectivity index (χ0) is 18.7. The van der Waals surface area contributed by atoms with Gasteiger partial charge in [-0.2, -0.15) is 4.31 Å². The minimum Gasteiger partial charge on any atom is -0.326 e. The summed E-state index contributed by atoms with van der Waals surface area (Å²) in [6.07, 6.45) is 1.10. The van der Waals surface area contributed by atoms with Crippen molar-refractivity contribution in [3.05, 3.63) is 60.2 Å². The molecule has 1 aliphatic heterocycles.